The van der Waals surface area contributed by atoms with Crippen LogP contribution in [0.1, 0.15) is 49.2 Å². The van der Waals surface area contributed by atoms with E-state index in [2.05, 4.69) is 53.7 Å². The quantitative estimate of drug-likeness (QED) is 0.740. The molecule has 30 heavy (non-hydrogen) atoms. The number of hydrogen-bond acceptors (Lipinski definition) is 4. The molecule has 2 saturated heterocycles. The number of amides is 1. The molecule has 4 rings (SSSR count). The second-order valence-corrected chi connectivity index (χ2v) is 8.92. The lowest BCUT2D eigenvalue weighted by Crippen LogP contribution is -2.59. The maximum atomic E-state index is 13.2. The summed E-state index contributed by atoms with van der Waals surface area (Å²) in [5.41, 5.74) is 4.46. The Bertz CT molecular complexity index is 962. The average Bonchev–Trinajstić information content (AvgIpc) is 2.72. The number of hydrogen-bond donors (Lipinski definition) is 2. The first-order chi connectivity index (χ1) is 14.4. The molecule has 1 aromatic heterocycles. The predicted octanol–water partition coefficient (Wildman–Crippen LogP) is 3.09. The van der Waals surface area contributed by atoms with E-state index in [-0.39, 0.29) is 23.9 Å². The van der Waals surface area contributed by atoms with Crippen molar-refractivity contribution in [3.05, 3.63) is 47.5 Å². The van der Waals surface area contributed by atoms with E-state index in [0.29, 0.717) is 11.7 Å². The van der Waals surface area contributed by atoms with Crippen molar-refractivity contribution in [3.63, 3.8) is 0 Å². The molecule has 0 radical (unpaired) electrons. The molecule has 1 amide bonds. The molecule has 2 aliphatic heterocycles. The molecule has 0 aliphatic carbocycles. The Kier molecular flexibility index (Phi) is 5.99. The first-order valence-corrected chi connectivity index (χ1v) is 11.1. The van der Waals surface area contributed by atoms with Gasteiger partial charge in [-0.1, -0.05) is 29.8 Å². The van der Waals surface area contributed by atoms with Gasteiger partial charge in [0.1, 0.15) is 11.9 Å². The first-order valence-electron chi connectivity index (χ1n) is 10.7. The van der Waals surface area contributed by atoms with Gasteiger partial charge in [0.25, 0.3) is 0 Å². The summed E-state index contributed by atoms with van der Waals surface area (Å²) in [6, 6.07) is 8.39. The summed E-state index contributed by atoms with van der Waals surface area (Å²) in [6.45, 7) is 7.55. The highest BCUT2D eigenvalue weighted by Gasteiger charge is 2.34. The van der Waals surface area contributed by atoms with Gasteiger partial charge in [-0.15, -0.1) is 0 Å². The van der Waals surface area contributed by atoms with Crippen LogP contribution in [0.3, 0.4) is 0 Å². The second kappa shape index (κ2) is 8.68. The Morgan fingerprint density at radius 1 is 1.27 bits per heavy atom. The summed E-state index contributed by atoms with van der Waals surface area (Å²) in [6.07, 6.45) is 4.66. The van der Waals surface area contributed by atoms with Crippen molar-refractivity contribution in [1.82, 2.24) is 25.5 Å². The van der Waals surface area contributed by atoms with Crippen LogP contribution in [0.2, 0.25) is 0 Å². The van der Waals surface area contributed by atoms with E-state index in [4.69, 9.17) is 17.2 Å². The monoisotopic (exact) mass is 423 g/mol. The van der Waals surface area contributed by atoms with E-state index in [0.717, 1.165) is 48.5 Å². The largest absolute Gasteiger partial charge is 0.360 e. The standard InChI is InChI=1S/C23H29N5OS/c1-14-6-4-7-17(10-14)19-12-24-16(3)26-21(19)18-8-5-9-28(13-18)22(29)20-11-15(2)25-23(30)27-20/h4,6-7,10,12,15,18,20H,5,8-9,11,13H2,1-3H3,(H2,25,27,30)/t15-,18+,20+/m1/s1. The van der Waals surface area contributed by atoms with Gasteiger partial charge >= 0.3 is 0 Å². The fraction of sp³-hybridized carbons (Fsp3) is 0.478. The fourth-order valence-corrected chi connectivity index (χ4v) is 4.86. The molecule has 2 N–H and O–H groups in total. The van der Waals surface area contributed by atoms with Gasteiger partial charge in [0.2, 0.25) is 5.91 Å². The van der Waals surface area contributed by atoms with Gasteiger partial charge in [0, 0.05) is 36.8 Å². The van der Waals surface area contributed by atoms with Crippen LogP contribution in [0.25, 0.3) is 11.1 Å². The van der Waals surface area contributed by atoms with Crippen LogP contribution in [0.5, 0.6) is 0 Å². The number of carbonyl (C=O) groups excluding carboxylic acids is 1. The molecule has 0 saturated carbocycles. The van der Waals surface area contributed by atoms with Crippen LogP contribution in [0, 0.1) is 13.8 Å². The number of likely N-dealkylation sites (tertiary alicyclic amines) is 1. The van der Waals surface area contributed by atoms with Crippen molar-refractivity contribution in [1.29, 1.82) is 0 Å². The Morgan fingerprint density at radius 3 is 2.87 bits per heavy atom. The minimum atomic E-state index is -0.254. The Morgan fingerprint density at radius 2 is 2.10 bits per heavy atom. The van der Waals surface area contributed by atoms with Gasteiger partial charge in [0.15, 0.2) is 5.11 Å². The van der Waals surface area contributed by atoms with Gasteiger partial charge in [-0.2, -0.15) is 0 Å². The zero-order chi connectivity index (χ0) is 21.3. The van der Waals surface area contributed by atoms with Crippen LogP contribution in [0.15, 0.2) is 30.5 Å². The Balaban J connectivity index is 1.58. The predicted molar refractivity (Wildman–Crippen MR) is 122 cm³/mol. The van der Waals surface area contributed by atoms with Gasteiger partial charge in [0.05, 0.1) is 5.69 Å². The summed E-state index contributed by atoms with van der Waals surface area (Å²) in [4.78, 5) is 24.5. The zero-order valence-corrected chi connectivity index (χ0v) is 18.6. The molecule has 158 valence electrons. The van der Waals surface area contributed by atoms with Crippen LogP contribution < -0.4 is 10.6 Å². The van der Waals surface area contributed by atoms with Crippen LogP contribution in [0.4, 0.5) is 0 Å². The van der Waals surface area contributed by atoms with Crippen molar-refractivity contribution in [2.45, 2.75) is 58.0 Å². The average molecular weight is 424 g/mol. The lowest BCUT2D eigenvalue weighted by molar-refractivity contribution is -0.134. The number of benzene rings is 1. The maximum Gasteiger partial charge on any atom is 0.245 e. The smallest absolute Gasteiger partial charge is 0.245 e. The molecule has 6 nitrogen and oxygen atoms in total. The SMILES string of the molecule is Cc1cccc(-c2cnc(C)nc2[C@H]2CCCN(C(=O)[C@@H]3C[C@@H](C)NC(=S)N3)C2)c1. The zero-order valence-electron chi connectivity index (χ0n) is 17.8. The number of thiocarbonyl (C=S) groups is 1. The third kappa shape index (κ3) is 4.46. The topological polar surface area (TPSA) is 70.2 Å². The van der Waals surface area contributed by atoms with Crippen molar-refractivity contribution in [3.8, 4) is 11.1 Å². The number of nitrogens with one attached hydrogen (secondary N) is 2. The molecule has 0 spiro atoms. The molecule has 2 aliphatic rings. The van der Waals surface area contributed by atoms with Crippen molar-refractivity contribution >= 4 is 23.2 Å². The Hall–Kier alpha value is -2.54. The van der Waals surface area contributed by atoms with Crippen LogP contribution in [-0.4, -0.2) is 51.1 Å². The number of aromatic nitrogens is 2. The van der Waals surface area contributed by atoms with Crippen molar-refractivity contribution in [2.75, 3.05) is 13.1 Å². The van der Waals surface area contributed by atoms with Gasteiger partial charge in [-0.25, -0.2) is 9.97 Å². The molecule has 1 aromatic carbocycles. The second-order valence-electron chi connectivity index (χ2n) is 8.52. The number of rotatable bonds is 3. The molecule has 3 atom stereocenters. The molecular weight excluding hydrogens is 394 g/mol. The Labute approximate surface area is 183 Å². The number of carbonyl (C=O) groups is 1. The highest BCUT2D eigenvalue weighted by Crippen LogP contribution is 2.33. The summed E-state index contributed by atoms with van der Waals surface area (Å²) in [5, 5.41) is 6.89. The highest BCUT2D eigenvalue weighted by molar-refractivity contribution is 7.80. The third-order valence-corrected chi connectivity index (χ3v) is 6.19. The molecule has 0 unspecified atom stereocenters. The van der Waals surface area contributed by atoms with E-state index < -0.39 is 0 Å². The van der Waals surface area contributed by atoms with E-state index in [9.17, 15) is 4.79 Å². The lowest BCUT2D eigenvalue weighted by atomic mass is 9.89. The third-order valence-electron chi connectivity index (χ3n) is 5.96. The maximum absolute atomic E-state index is 13.2. The summed E-state index contributed by atoms with van der Waals surface area (Å²) in [5.74, 6) is 1.10. The van der Waals surface area contributed by atoms with Gasteiger partial charge in [-0.05, 0) is 57.8 Å². The summed E-state index contributed by atoms with van der Waals surface area (Å²) in [7, 11) is 0. The number of piperidine rings is 1. The minimum absolute atomic E-state index is 0.137. The molecular formula is C23H29N5OS. The summed E-state index contributed by atoms with van der Waals surface area (Å²) < 4.78 is 0. The van der Waals surface area contributed by atoms with Crippen LogP contribution in [-0.2, 0) is 4.79 Å². The van der Waals surface area contributed by atoms with E-state index in [1.807, 2.05) is 18.0 Å². The normalized spacial score (nSPS) is 24.2. The first kappa shape index (κ1) is 20.7. The number of aryl methyl sites for hydroxylation is 2. The molecule has 7 heteroatoms. The van der Waals surface area contributed by atoms with E-state index >= 15 is 0 Å². The fourth-order valence-electron chi connectivity index (χ4n) is 4.51. The highest BCUT2D eigenvalue weighted by atomic mass is 32.1. The lowest BCUT2D eigenvalue weighted by Gasteiger charge is -2.38. The van der Waals surface area contributed by atoms with E-state index in [1.54, 1.807) is 0 Å². The number of nitrogens with zero attached hydrogens (tertiary/aromatic N) is 3. The van der Waals surface area contributed by atoms with Crippen molar-refractivity contribution in [2.24, 2.45) is 0 Å². The van der Waals surface area contributed by atoms with Gasteiger partial charge < -0.3 is 15.5 Å². The van der Waals surface area contributed by atoms with E-state index in [1.165, 1.54) is 5.56 Å². The molecule has 2 fully saturated rings. The molecule has 0 bridgehead atoms. The van der Waals surface area contributed by atoms with Gasteiger partial charge in [-0.3, -0.25) is 4.79 Å². The molecule has 2 aromatic rings. The minimum Gasteiger partial charge on any atom is -0.360 e. The van der Waals surface area contributed by atoms with Crippen LogP contribution >= 0.6 is 12.2 Å². The molecule has 3 heterocycles. The van der Waals surface area contributed by atoms with Crippen molar-refractivity contribution < 1.29 is 4.79 Å². The summed E-state index contributed by atoms with van der Waals surface area (Å²) >= 11 is 5.27.